The predicted molar refractivity (Wildman–Crippen MR) is 90.8 cm³/mol. The van der Waals surface area contributed by atoms with E-state index in [1.54, 1.807) is 19.1 Å². The molecule has 0 fully saturated rings. The lowest BCUT2D eigenvalue weighted by molar-refractivity contribution is 0.101. The van der Waals surface area contributed by atoms with Gasteiger partial charge < -0.3 is 10.1 Å². The Labute approximate surface area is 136 Å². The van der Waals surface area contributed by atoms with Crippen molar-refractivity contribution in [1.82, 2.24) is 0 Å². The second-order valence-electron chi connectivity index (χ2n) is 5.25. The van der Waals surface area contributed by atoms with Crippen molar-refractivity contribution in [3.63, 3.8) is 0 Å². The third-order valence-electron chi connectivity index (χ3n) is 3.44. The summed E-state index contributed by atoms with van der Waals surface area (Å²) in [6.07, 6.45) is 1.93. The SMILES string of the molecule is CC(=O)c1ccc(NCCCCOc2ccc(C#N)cc2)cc1. The van der Waals surface area contributed by atoms with Gasteiger partial charge in [-0.15, -0.1) is 0 Å². The van der Waals surface area contributed by atoms with Crippen molar-refractivity contribution in [1.29, 1.82) is 5.26 Å². The van der Waals surface area contributed by atoms with Crippen molar-refractivity contribution in [2.24, 2.45) is 0 Å². The quantitative estimate of drug-likeness (QED) is 0.590. The highest BCUT2D eigenvalue weighted by molar-refractivity contribution is 5.94. The number of benzene rings is 2. The average Bonchev–Trinajstić information content (AvgIpc) is 2.59. The fourth-order valence-corrected chi connectivity index (χ4v) is 2.10. The van der Waals surface area contributed by atoms with Gasteiger partial charge in [0, 0.05) is 17.8 Å². The van der Waals surface area contributed by atoms with E-state index in [-0.39, 0.29) is 5.78 Å². The van der Waals surface area contributed by atoms with Crippen molar-refractivity contribution in [2.45, 2.75) is 19.8 Å². The van der Waals surface area contributed by atoms with Crippen LogP contribution in [0.2, 0.25) is 0 Å². The standard InChI is InChI=1S/C19H20N2O2/c1-15(22)17-6-8-18(9-7-17)21-12-2-3-13-23-19-10-4-16(14-20)5-11-19/h4-11,21H,2-3,12-13H2,1H3. The van der Waals surface area contributed by atoms with Crippen molar-refractivity contribution in [2.75, 3.05) is 18.5 Å². The number of nitrogens with zero attached hydrogens (tertiary/aromatic N) is 1. The molecule has 0 aliphatic rings. The molecule has 2 aromatic rings. The summed E-state index contributed by atoms with van der Waals surface area (Å²) < 4.78 is 5.63. The molecule has 4 nitrogen and oxygen atoms in total. The number of carbonyl (C=O) groups is 1. The van der Waals surface area contributed by atoms with Crippen LogP contribution in [0.5, 0.6) is 5.75 Å². The Bertz CT molecular complexity index is 670. The molecule has 0 saturated carbocycles. The van der Waals surface area contributed by atoms with Gasteiger partial charge in [-0.25, -0.2) is 0 Å². The smallest absolute Gasteiger partial charge is 0.159 e. The third kappa shape index (κ3) is 5.48. The largest absolute Gasteiger partial charge is 0.494 e. The topological polar surface area (TPSA) is 62.1 Å². The van der Waals surface area contributed by atoms with Crippen LogP contribution in [0, 0.1) is 11.3 Å². The number of nitriles is 1. The Morgan fingerprint density at radius 1 is 1.09 bits per heavy atom. The van der Waals surface area contributed by atoms with E-state index in [9.17, 15) is 4.79 Å². The molecule has 0 unspecified atom stereocenters. The van der Waals surface area contributed by atoms with E-state index in [4.69, 9.17) is 10.00 Å². The lowest BCUT2D eigenvalue weighted by atomic mass is 10.1. The molecule has 23 heavy (non-hydrogen) atoms. The molecule has 0 aliphatic carbocycles. The molecule has 0 bridgehead atoms. The van der Waals surface area contributed by atoms with Gasteiger partial charge in [0.25, 0.3) is 0 Å². The summed E-state index contributed by atoms with van der Waals surface area (Å²) in [7, 11) is 0. The number of ether oxygens (including phenoxy) is 1. The summed E-state index contributed by atoms with van der Waals surface area (Å²) in [6, 6.07) is 16.7. The lowest BCUT2D eigenvalue weighted by Gasteiger charge is -2.08. The first-order valence-electron chi connectivity index (χ1n) is 7.67. The molecule has 2 aromatic carbocycles. The monoisotopic (exact) mass is 308 g/mol. The third-order valence-corrected chi connectivity index (χ3v) is 3.44. The van der Waals surface area contributed by atoms with Crippen LogP contribution in [0.25, 0.3) is 0 Å². The van der Waals surface area contributed by atoms with E-state index < -0.39 is 0 Å². The van der Waals surface area contributed by atoms with Crippen LogP contribution in [0.4, 0.5) is 5.69 Å². The van der Waals surface area contributed by atoms with E-state index in [0.29, 0.717) is 12.2 Å². The minimum Gasteiger partial charge on any atom is -0.494 e. The van der Waals surface area contributed by atoms with Crippen molar-refractivity contribution >= 4 is 11.5 Å². The summed E-state index contributed by atoms with van der Waals surface area (Å²) >= 11 is 0. The summed E-state index contributed by atoms with van der Waals surface area (Å²) in [5.74, 6) is 0.869. The van der Waals surface area contributed by atoms with Gasteiger partial charge in [-0.1, -0.05) is 0 Å². The van der Waals surface area contributed by atoms with Crippen LogP contribution in [0.1, 0.15) is 35.7 Å². The molecule has 0 amide bonds. The first-order valence-corrected chi connectivity index (χ1v) is 7.67. The van der Waals surface area contributed by atoms with Crippen molar-refractivity contribution in [3.05, 3.63) is 59.7 Å². The van der Waals surface area contributed by atoms with Gasteiger partial charge in [0.15, 0.2) is 5.78 Å². The minimum absolute atomic E-state index is 0.0801. The van der Waals surface area contributed by atoms with E-state index in [1.807, 2.05) is 36.4 Å². The molecule has 0 atom stereocenters. The maximum absolute atomic E-state index is 11.2. The normalized spacial score (nSPS) is 9.91. The number of carbonyl (C=O) groups excluding carboxylic acids is 1. The Balaban J connectivity index is 1.62. The fraction of sp³-hybridized carbons (Fsp3) is 0.263. The van der Waals surface area contributed by atoms with Crippen LogP contribution in [0.3, 0.4) is 0 Å². The van der Waals surface area contributed by atoms with Gasteiger partial charge in [-0.2, -0.15) is 5.26 Å². The summed E-state index contributed by atoms with van der Waals surface area (Å²) in [4.78, 5) is 11.2. The van der Waals surface area contributed by atoms with Crippen LogP contribution in [0.15, 0.2) is 48.5 Å². The summed E-state index contributed by atoms with van der Waals surface area (Å²) in [5, 5.41) is 12.0. The molecule has 118 valence electrons. The van der Waals surface area contributed by atoms with Crippen LogP contribution in [-0.4, -0.2) is 18.9 Å². The molecule has 1 N–H and O–H groups in total. The molecular weight excluding hydrogens is 288 g/mol. The Kier molecular flexibility index (Phi) is 6.19. The van der Waals surface area contributed by atoms with Crippen LogP contribution < -0.4 is 10.1 Å². The number of ketones is 1. The van der Waals surface area contributed by atoms with Gasteiger partial charge in [-0.3, -0.25) is 4.79 Å². The van der Waals surface area contributed by atoms with E-state index in [1.165, 1.54) is 0 Å². The van der Waals surface area contributed by atoms with Crippen molar-refractivity contribution < 1.29 is 9.53 Å². The molecule has 4 heteroatoms. The highest BCUT2D eigenvalue weighted by Crippen LogP contribution is 2.12. The van der Waals surface area contributed by atoms with Gasteiger partial charge in [0.05, 0.1) is 18.2 Å². The summed E-state index contributed by atoms with van der Waals surface area (Å²) in [6.45, 7) is 3.07. The maximum atomic E-state index is 11.2. The van der Waals surface area contributed by atoms with E-state index in [0.717, 1.165) is 36.4 Å². The number of unbranched alkanes of at least 4 members (excludes halogenated alkanes) is 1. The predicted octanol–water partition coefficient (Wildman–Crippen LogP) is 4.03. The Morgan fingerprint density at radius 2 is 1.78 bits per heavy atom. The maximum Gasteiger partial charge on any atom is 0.159 e. The zero-order valence-electron chi connectivity index (χ0n) is 13.2. The van der Waals surface area contributed by atoms with E-state index >= 15 is 0 Å². The number of nitrogens with one attached hydrogen (secondary N) is 1. The van der Waals surface area contributed by atoms with Gasteiger partial charge in [0.1, 0.15) is 5.75 Å². The van der Waals surface area contributed by atoms with Gasteiger partial charge in [-0.05, 0) is 68.3 Å². The second kappa shape index (κ2) is 8.60. The molecule has 0 saturated heterocycles. The number of hydrogen-bond acceptors (Lipinski definition) is 4. The number of anilines is 1. The fourth-order valence-electron chi connectivity index (χ4n) is 2.10. The van der Waals surface area contributed by atoms with Crippen LogP contribution >= 0.6 is 0 Å². The highest BCUT2D eigenvalue weighted by atomic mass is 16.5. The molecular formula is C19H20N2O2. The first-order chi connectivity index (χ1) is 11.2. The molecule has 0 heterocycles. The first kappa shape index (κ1) is 16.6. The van der Waals surface area contributed by atoms with E-state index in [2.05, 4.69) is 11.4 Å². The summed E-state index contributed by atoms with van der Waals surface area (Å²) in [5.41, 5.74) is 2.38. The van der Waals surface area contributed by atoms with Crippen molar-refractivity contribution in [3.8, 4) is 11.8 Å². The molecule has 0 spiro atoms. The zero-order valence-corrected chi connectivity index (χ0v) is 13.2. The number of hydrogen-bond donors (Lipinski definition) is 1. The van der Waals surface area contributed by atoms with Gasteiger partial charge in [0.2, 0.25) is 0 Å². The highest BCUT2D eigenvalue weighted by Gasteiger charge is 1.99. The zero-order chi connectivity index (χ0) is 16.5. The second-order valence-corrected chi connectivity index (χ2v) is 5.25. The Hall–Kier alpha value is -2.80. The lowest BCUT2D eigenvalue weighted by Crippen LogP contribution is -2.05. The Morgan fingerprint density at radius 3 is 2.39 bits per heavy atom. The van der Waals surface area contributed by atoms with Gasteiger partial charge >= 0.3 is 0 Å². The molecule has 0 aromatic heterocycles. The minimum atomic E-state index is 0.0801. The molecule has 2 rings (SSSR count). The number of rotatable bonds is 8. The van der Waals surface area contributed by atoms with Crippen LogP contribution in [-0.2, 0) is 0 Å². The average molecular weight is 308 g/mol. The molecule has 0 aliphatic heterocycles. The number of Topliss-reactive ketones (excluding diaryl/α,β-unsaturated/α-hetero) is 1. The molecule has 0 radical (unpaired) electrons.